The number of urea groups is 1. The van der Waals surface area contributed by atoms with Gasteiger partial charge in [-0.3, -0.25) is 19.3 Å². The SMILES string of the molecule is CC(C)NC(=O)Nc1ccc(CNC(=O)CCCN2C(=O)c3cccc4cccc(c34)C2=O)cc1. The number of rotatable bonds is 8. The highest BCUT2D eigenvalue weighted by molar-refractivity contribution is 6.25. The van der Waals surface area contributed by atoms with Crippen LogP contribution in [0.1, 0.15) is 53.0 Å². The Morgan fingerprint density at radius 3 is 2.11 bits per heavy atom. The van der Waals surface area contributed by atoms with Crippen molar-refractivity contribution < 1.29 is 19.2 Å². The Hall–Kier alpha value is -4.20. The predicted molar refractivity (Wildman–Crippen MR) is 134 cm³/mol. The summed E-state index contributed by atoms with van der Waals surface area (Å²) >= 11 is 0. The normalized spacial score (nSPS) is 12.7. The van der Waals surface area contributed by atoms with Gasteiger partial charge in [-0.25, -0.2) is 4.79 Å². The molecule has 5 amide bonds. The predicted octanol–water partition coefficient (Wildman–Crippen LogP) is 4.06. The van der Waals surface area contributed by atoms with E-state index in [1.807, 2.05) is 50.2 Å². The van der Waals surface area contributed by atoms with Gasteiger partial charge in [0.2, 0.25) is 5.91 Å². The molecule has 3 aromatic carbocycles. The van der Waals surface area contributed by atoms with Crippen LogP contribution in [0.3, 0.4) is 0 Å². The van der Waals surface area contributed by atoms with Crippen molar-refractivity contribution in [3.8, 4) is 0 Å². The molecule has 0 aliphatic carbocycles. The van der Waals surface area contributed by atoms with E-state index < -0.39 is 0 Å². The quantitative estimate of drug-likeness (QED) is 0.430. The molecule has 4 rings (SSSR count). The van der Waals surface area contributed by atoms with Crippen molar-refractivity contribution in [3.05, 3.63) is 77.4 Å². The molecule has 0 aromatic heterocycles. The van der Waals surface area contributed by atoms with E-state index >= 15 is 0 Å². The molecule has 180 valence electrons. The molecule has 0 fully saturated rings. The van der Waals surface area contributed by atoms with Gasteiger partial charge in [-0.1, -0.05) is 36.4 Å². The van der Waals surface area contributed by atoms with Crippen LogP contribution in [-0.4, -0.2) is 41.2 Å². The van der Waals surface area contributed by atoms with E-state index in [2.05, 4.69) is 16.0 Å². The maximum Gasteiger partial charge on any atom is 0.319 e. The van der Waals surface area contributed by atoms with E-state index in [0.29, 0.717) is 35.2 Å². The first-order valence-electron chi connectivity index (χ1n) is 11.6. The van der Waals surface area contributed by atoms with Crippen LogP contribution in [0, 0.1) is 0 Å². The van der Waals surface area contributed by atoms with E-state index in [-0.39, 0.29) is 42.8 Å². The summed E-state index contributed by atoms with van der Waals surface area (Å²) in [7, 11) is 0. The minimum Gasteiger partial charge on any atom is -0.352 e. The highest BCUT2D eigenvalue weighted by Gasteiger charge is 2.32. The average Bonchev–Trinajstić information content (AvgIpc) is 2.83. The molecule has 3 aromatic rings. The third-order valence-electron chi connectivity index (χ3n) is 5.76. The number of benzene rings is 3. The molecule has 8 heteroatoms. The van der Waals surface area contributed by atoms with E-state index in [0.717, 1.165) is 10.9 Å². The topological polar surface area (TPSA) is 108 Å². The lowest BCUT2D eigenvalue weighted by atomic mass is 9.94. The Kier molecular flexibility index (Phi) is 7.10. The standard InChI is InChI=1S/C27H28N4O4/c1-17(2)29-27(35)30-20-13-11-18(12-14-20)16-28-23(32)10-5-15-31-25(33)21-8-3-6-19-7-4-9-22(24(19)21)26(31)34/h3-4,6-9,11-14,17H,5,10,15-16H2,1-2H3,(H,28,32)(H2,29,30,35). The van der Waals surface area contributed by atoms with Crippen molar-refractivity contribution in [1.82, 2.24) is 15.5 Å². The third-order valence-corrected chi connectivity index (χ3v) is 5.76. The van der Waals surface area contributed by atoms with Gasteiger partial charge in [-0.15, -0.1) is 0 Å². The first-order chi connectivity index (χ1) is 16.8. The molecule has 0 saturated heterocycles. The fourth-order valence-electron chi connectivity index (χ4n) is 4.11. The third kappa shape index (κ3) is 5.48. The minimum atomic E-state index is -0.324. The molecule has 0 bridgehead atoms. The highest BCUT2D eigenvalue weighted by Crippen LogP contribution is 2.30. The molecular formula is C27H28N4O4. The van der Waals surface area contributed by atoms with Gasteiger partial charge in [0, 0.05) is 47.8 Å². The Labute approximate surface area is 203 Å². The van der Waals surface area contributed by atoms with Gasteiger partial charge < -0.3 is 16.0 Å². The summed E-state index contributed by atoms with van der Waals surface area (Å²) in [5.41, 5.74) is 2.58. The monoisotopic (exact) mass is 472 g/mol. The molecule has 1 heterocycles. The maximum atomic E-state index is 12.9. The smallest absolute Gasteiger partial charge is 0.319 e. The number of nitrogens with zero attached hydrogens (tertiary/aromatic N) is 1. The summed E-state index contributed by atoms with van der Waals surface area (Å²) in [6.07, 6.45) is 0.563. The van der Waals surface area contributed by atoms with Crippen LogP contribution in [0.15, 0.2) is 60.7 Å². The van der Waals surface area contributed by atoms with Crippen molar-refractivity contribution in [2.45, 2.75) is 39.3 Å². The first-order valence-corrected chi connectivity index (χ1v) is 11.6. The van der Waals surface area contributed by atoms with Crippen LogP contribution >= 0.6 is 0 Å². The van der Waals surface area contributed by atoms with Gasteiger partial charge in [0.1, 0.15) is 0 Å². The van der Waals surface area contributed by atoms with Gasteiger partial charge in [0.25, 0.3) is 11.8 Å². The molecule has 0 spiro atoms. The van der Waals surface area contributed by atoms with E-state index in [4.69, 9.17) is 0 Å². The lowest BCUT2D eigenvalue weighted by Gasteiger charge is -2.27. The molecule has 1 aliphatic rings. The van der Waals surface area contributed by atoms with Crippen LogP contribution in [0.5, 0.6) is 0 Å². The number of hydrogen-bond donors (Lipinski definition) is 3. The second-order valence-electron chi connectivity index (χ2n) is 8.80. The van der Waals surface area contributed by atoms with E-state index in [1.165, 1.54) is 4.90 Å². The Morgan fingerprint density at radius 1 is 0.886 bits per heavy atom. The first kappa shape index (κ1) is 23.9. The summed E-state index contributed by atoms with van der Waals surface area (Å²) in [6.45, 7) is 4.28. The van der Waals surface area contributed by atoms with Gasteiger partial charge in [-0.2, -0.15) is 0 Å². The fourth-order valence-corrected chi connectivity index (χ4v) is 4.11. The number of anilines is 1. The molecule has 8 nitrogen and oxygen atoms in total. The highest BCUT2D eigenvalue weighted by atomic mass is 16.2. The van der Waals surface area contributed by atoms with E-state index in [1.54, 1.807) is 24.3 Å². The molecule has 1 aliphatic heterocycles. The zero-order chi connectivity index (χ0) is 24.9. The lowest BCUT2D eigenvalue weighted by Crippen LogP contribution is -2.41. The van der Waals surface area contributed by atoms with E-state index in [9.17, 15) is 19.2 Å². The van der Waals surface area contributed by atoms with Gasteiger partial charge >= 0.3 is 6.03 Å². The lowest BCUT2D eigenvalue weighted by molar-refractivity contribution is -0.121. The van der Waals surface area contributed by atoms with Gasteiger partial charge in [0.05, 0.1) is 0 Å². The van der Waals surface area contributed by atoms with Crippen LogP contribution < -0.4 is 16.0 Å². The zero-order valence-corrected chi connectivity index (χ0v) is 19.8. The fraction of sp³-hybridized carbons (Fsp3) is 0.259. The maximum absolute atomic E-state index is 12.9. The second-order valence-corrected chi connectivity index (χ2v) is 8.80. The van der Waals surface area contributed by atoms with Gasteiger partial charge in [0.15, 0.2) is 0 Å². The number of nitrogens with one attached hydrogen (secondary N) is 3. The summed E-state index contributed by atoms with van der Waals surface area (Å²) in [5, 5.41) is 9.91. The molecule has 0 radical (unpaired) electrons. The van der Waals surface area contributed by atoms with Crippen LogP contribution in [0.4, 0.5) is 10.5 Å². The van der Waals surface area contributed by atoms with Crippen molar-refractivity contribution in [3.63, 3.8) is 0 Å². The molecule has 35 heavy (non-hydrogen) atoms. The number of imide groups is 1. The molecule has 3 N–H and O–H groups in total. The Bertz CT molecular complexity index is 1230. The average molecular weight is 473 g/mol. The largest absolute Gasteiger partial charge is 0.352 e. The van der Waals surface area contributed by atoms with Crippen molar-refractivity contribution in [2.24, 2.45) is 0 Å². The number of carbonyl (C=O) groups excluding carboxylic acids is 4. The molecule has 0 unspecified atom stereocenters. The van der Waals surface area contributed by atoms with Crippen LogP contribution in [0.25, 0.3) is 10.8 Å². The van der Waals surface area contributed by atoms with Gasteiger partial charge in [-0.05, 0) is 55.5 Å². The molecule has 0 atom stereocenters. The van der Waals surface area contributed by atoms with Crippen molar-refractivity contribution in [2.75, 3.05) is 11.9 Å². The number of amides is 5. The number of carbonyl (C=O) groups is 4. The Morgan fingerprint density at radius 2 is 1.51 bits per heavy atom. The molecule has 0 saturated carbocycles. The Balaban J connectivity index is 1.26. The summed E-state index contributed by atoms with van der Waals surface area (Å²) in [5.74, 6) is -0.811. The summed E-state index contributed by atoms with van der Waals surface area (Å²) in [4.78, 5) is 51.2. The zero-order valence-electron chi connectivity index (χ0n) is 19.8. The van der Waals surface area contributed by atoms with Crippen LogP contribution in [0.2, 0.25) is 0 Å². The summed E-state index contributed by atoms with van der Waals surface area (Å²) in [6, 6.07) is 17.8. The van der Waals surface area contributed by atoms with Crippen LogP contribution in [-0.2, 0) is 11.3 Å². The van der Waals surface area contributed by atoms with Crippen molar-refractivity contribution in [1.29, 1.82) is 0 Å². The van der Waals surface area contributed by atoms with Crippen molar-refractivity contribution >= 4 is 40.2 Å². The minimum absolute atomic E-state index is 0.0424. The second kappa shape index (κ2) is 10.4. The number of hydrogen-bond acceptors (Lipinski definition) is 4. The molecular weight excluding hydrogens is 444 g/mol. The summed E-state index contributed by atoms with van der Waals surface area (Å²) < 4.78 is 0.